The zero-order valence-corrected chi connectivity index (χ0v) is 17.0. The summed E-state index contributed by atoms with van der Waals surface area (Å²) in [5.41, 5.74) is 0.496. The molecule has 2 aliphatic rings. The van der Waals surface area contributed by atoms with Gasteiger partial charge in [0.25, 0.3) is 5.91 Å². The molecule has 2 fully saturated rings. The third-order valence-corrected chi connectivity index (χ3v) is 5.63. The van der Waals surface area contributed by atoms with Crippen molar-refractivity contribution in [3.05, 3.63) is 30.1 Å². The van der Waals surface area contributed by atoms with E-state index in [0.29, 0.717) is 12.2 Å². The monoisotopic (exact) mass is 411 g/mol. The van der Waals surface area contributed by atoms with Gasteiger partial charge in [-0.3, -0.25) is 4.79 Å². The molecule has 0 radical (unpaired) electrons. The number of nitrogens with zero attached hydrogens (tertiary/aromatic N) is 1. The fraction of sp³-hybridized carbons (Fsp3) is 0.579. The highest BCUT2D eigenvalue weighted by Crippen LogP contribution is 2.08. The number of thiocarbonyl (C=S) groups is 1. The van der Waals surface area contributed by atoms with Crippen LogP contribution in [0.5, 0.6) is 0 Å². The van der Waals surface area contributed by atoms with Crippen molar-refractivity contribution in [1.82, 2.24) is 10.2 Å². The summed E-state index contributed by atoms with van der Waals surface area (Å²) < 4.78 is 18.6. The molecule has 0 atom stereocenters. The molecule has 0 unspecified atom stereocenters. The summed E-state index contributed by atoms with van der Waals surface area (Å²) in [6, 6.07) is 5.97. The predicted molar refractivity (Wildman–Crippen MR) is 109 cm³/mol. The Labute approximate surface area is 170 Å². The van der Waals surface area contributed by atoms with Crippen LogP contribution >= 0.6 is 12.2 Å². The molecule has 28 heavy (non-hydrogen) atoms. The van der Waals surface area contributed by atoms with Crippen molar-refractivity contribution in [3.8, 4) is 0 Å². The molecule has 4 N–H and O–H groups in total. The topological polar surface area (TPSA) is 62.5 Å². The molecular formula is C19H30FN5O2S+2. The van der Waals surface area contributed by atoms with Gasteiger partial charge in [-0.25, -0.2) is 4.39 Å². The van der Waals surface area contributed by atoms with E-state index in [4.69, 9.17) is 17.0 Å². The van der Waals surface area contributed by atoms with Crippen LogP contribution in [0.25, 0.3) is 0 Å². The second-order valence-corrected chi connectivity index (χ2v) is 7.70. The van der Waals surface area contributed by atoms with Gasteiger partial charge < -0.3 is 30.1 Å². The molecule has 9 heteroatoms. The maximum atomic E-state index is 13.2. The van der Waals surface area contributed by atoms with E-state index in [1.54, 1.807) is 17.0 Å². The van der Waals surface area contributed by atoms with Crippen molar-refractivity contribution in [2.75, 3.05) is 77.4 Å². The smallest absolute Gasteiger partial charge is 0.279 e. The summed E-state index contributed by atoms with van der Waals surface area (Å²) in [5.74, 6) is -0.446. The van der Waals surface area contributed by atoms with E-state index >= 15 is 0 Å². The van der Waals surface area contributed by atoms with Crippen LogP contribution in [0.2, 0.25) is 0 Å². The number of hydrogen-bond donors (Lipinski definition) is 4. The number of benzene rings is 1. The van der Waals surface area contributed by atoms with E-state index in [9.17, 15) is 9.18 Å². The average Bonchev–Trinajstić information content (AvgIpc) is 2.69. The van der Waals surface area contributed by atoms with Gasteiger partial charge in [0, 0.05) is 5.69 Å². The van der Waals surface area contributed by atoms with Gasteiger partial charge in [0.2, 0.25) is 0 Å². The van der Waals surface area contributed by atoms with Gasteiger partial charge in [-0.1, -0.05) is 6.07 Å². The summed E-state index contributed by atoms with van der Waals surface area (Å²) in [6.45, 7) is 9.49. The number of hydrogen-bond acceptors (Lipinski definition) is 3. The van der Waals surface area contributed by atoms with Crippen LogP contribution in [0.3, 0.4) is 0 Å². The van der Waals surface area contributed by atoms with E-state index < -0.39 is 0 Å². The van der Waals surface area contributed by atoms with Gasteiger partial charge in [-0.05, 0) is 30.4 Å². The van der Waals surface area contributed by atoms with Gasteiger partial charge in [0.05, 0.1) is 52.5 Å². The highest BCUT2D eigenvalue weighted by atomic mass is 32.1. The SMILES string of the molecule is O=C(C[NH+]1CCN(C(=S)NCC[NH+]2CCOCC2)CC1)Nc1cccc(F)c1. The van der Waals surface area contributed by atoms with Crippen molar-refractivity contribution in [1.29, 1.82) is 0 Å². The molecule has 1 aromatic rings. The van der Waals surface area contributed by atoms with E-state index in [1.165, 1.54) is 17.0 Å². The molecule has 154 valence electrons. The molecule has 0 aromatic heterocycles. The molecular weight excluding hydrogens is 381 g/mol. The molecule has 2 heterocycles. The van der Waals surface area contributed by atoms with E-state index in [-0.39, 0.29) is 11.7 Å². The lowest BCUT2D eigenvalue weighted by Gasteiger charge is -2.33. The molecule has 2 saturated heterocycles. The van der Waals surface area contributed by atoms with Crippen molar-refractivity contribution < 1.29 is 23.7 Å². The van der Waals surface area contributed by atoms with Crippen molar-refractivity contribution in [2.24, 2.45) is 0 Å². The van der Waals surface area contributed by atoms with Crippen LogP contribution < -0.4 is 20.4 Å². The van der Waals surface area contributed by atoms with E-state index in [0.717, 1.165) is 70.7 Å². The largest absolute Gasteiger partial charge is 0.370 e. The van der Waals surface area contributed by atoms with Crippen LogP contribution in [0.4, 0.5) is 10.1 Å². The molecule has 0 saturated carbocycles. The lowest BCUT2D eigenvalue weighted by molar-refractivity contribution is -0.906. The van der Waals surface area contributed by atoms with Crippen LogP contribution in [0.1, 0.15) is 0 Å². The molecule has 0 aliphatic carbocycles. The minimum atomic E-state index is -0.352. The number of carbonyl (C=O) groups is 1. The first-order chi connectivity index (χ1) is 13.6. The van der Waals surface area contributed by atoms with Gasteiger partial charge >= 0.3 is 0 Å². The minimum absolute atomic E-state index is 0.0942. The molecule has 0 spiro atoms. The molecule has 1 aromatic carbocycles. The number of rotatable bonds is 6. The van der Waals surface area contributed by atoms with Crippen LogP contribution in [0, 0.1) is 5.82 Å². The van der Waals surface area contributed by atoms with Crippen molar-refractivity contribution in [3.63, 3.8) is 0 Å². The zero-order valence-electron chi connectivity index (χ0n) is 16.1. The second kappa shape index (κ2) is 10.7. The fourth-order valence-electron chi connectivity index (χ4n) is 3.57. The number of carbonyl (C=O) groups excluding carboxylic acids is 1. The van der Waals surface area contributed by atoms with Crippen LogP contribution in [0.15, 0.2) is 24.3 Å². The second-order valence-electron chi connectivity index (χ2n) is 7.32. The highest BCUT2D eigenvalue weighted by Gasteiger charge is 2.24. The quantitative estimate of drug-likeness (QED) is 0.399. The highest BCUT2D eigenvalue weighted by molar-refractivity contribution is 7.80. The summed E-state index contributed by atoms with van der Waals surface area (Å²) in [5, 5.41) is 6.93. The molecule has 2 aliphatic heterocycles. The number of halogens is 1. The molecule has 7 nitrogen and oxygen atoms in total. The Hall–Kier alpha value is -1.81. The lowest BCUT2D eigenvalue weighted by atomic mass is 10.3. The van der Waals surface area contributed by atoms with E-state index in [1.807, 2.05) is 0 Å². The lowest BCUT2D eigenvalue weighted by Crippen LogP contribution is -3.15. The number of nitrogens with one attached hydrogen (secondary N) is 4. The maximum absolute atomic E-state index is 13.2. The Kier molecular flexibility index (Phi) is 7.96. The van der Waals surface area contributed by atoms with Crippen LogP contribution in [-0.4, -0.2) is 88.0 Å². The summed E-state index contributed by atoms with van der Waals surface area (Å²) in [7, 11) is 0. The minimum Gasteiger partial charge on any atom is -0.370 e. The van der Waals surface area contributed by atoms with E-state index in [2.05, 4.69) is 15.5 Å². The van der Waals surface area contributed by atoms with Gasteiger partial charge in [0.15, 0.2) is 11.7 Å². The zero-order chi connectivity index (χ0) is 19.8. The number of piperazine rings is 1. The summed E-state index contributed by atoms with van der Waals surface area (Å²) in [4.78, 5) is 17.1. The van der Waals surface area contributed by atoms with Crippen molar-refractivity contribution in [2.45, 2.75) is 0 Å². The normalized spacial score (nSPS) is 18.7. The predicted octanol–water partition coefficient (Wildman–Crippen LogP) is -2.25. The first-order valence-electron chi connectivity index (χ1n) is 9.93. The van der Waals surface area contributed by atoms with Crippen molar-refractivity contribution >= 4 is 28.9 Å². The number of quaternary nitrogens is 2. The number of ether oxygens (including phenoxy) is 1. The Balaban J connectivity index is 1.32. The number of morpholine rings is 1. The first kappa shape index (κ1) is 20.9. The Morgan fingerprint density at radius 1 is 1.18 bits per heavy atom. The number of amides is 1. The Bertz CT molecular complexity index is 663. The maximum Gasteiger partial charge on any atom is 0.279 e. The molecule has 1 amide bonds. The Morgan fingerprint density at radius 3 is 2.64 bits per heavy atom. The fourth-order valence-corrected chi connectivity index (χ4v) is 3.85. The third kappa shape index (κ3) is 6.66. The third-order valence-electron chi connectivity index (χ3n) is 5.23. The van der Waals surface area contributed by atoms with Gasteiger partial charge in [-0.15, -0.1) is 0 Å². The molecule has 0 bridgehead atoms. The van der Waals surface area contributed by atoms with Crippen LogP contribution in [-0.2, 0) is 9.53 Å². The first-order valence-corrected chi connectivity index (χ1v) is 10.3. The standard InChI is InChI=1S/C19H28FN5O2S/c20-16-2-1-3-17(14-16)22-18(26)15-24-6-8-25(9-7-24)19(28)21-4-5-23-10-12-27-13-11-23/h1-3,14H,4-13,15H2,(H,21,28)(H,22,26)/p+2. The molecule has 3 rings (SSSR count). The Morgan fingerprint density at radius 2 is 1.93 bits per heavy atom. The van der Waals surface area contributed by atoms with Gasteiger partial charge in [-0.2, -0.15) is 0 Å². The average molecular weight is 412 g/mol. The number of anilines is 1. The van der Waals surface area contributed by atoms with Gasteiger partial charge in [0.1, 0.15) is 18.9 Å². The summed E-state index contributed by atoms with van der Waals surface area (Å²) >= 11 is 5.52. The summed E-state index contributed by atoms with van der Waals surface area (Å²) in [6.07, 6.45) is 0.